The summed E-state index contributed by atoms with van der Waals surface area (Å²) in [5.41, 5.74) is 0.976. The molecule has 1 aliphatic rings. The van der Waals surface area contributed by atoms with Crippen LogP contribution in [0.5, 0.6) is 5.75 Å². The number of carbonyl (C=O) groups excluding carboxylic acids is 1. The number of nitrogens with zero attached hydrogens (tertiary/aromatic N) is 1. The smallest absolute Gasteiger partial charge is 0.244 e. The zero-order valence-corrected chi connectivity index (χ0v) is 16.9. The molecule has 0 unspecified atom stereocenters. The van der Waals surface area contributed by atoms with Gasteiger partial charge in [0.05, 0.1) is 26.8 Å². The summed E-state index contributed by atoms with van der Waals surface area (Å²) in [6, 6.07) is 13.9. The van der Waals surface area contributed by atoms with Gasteiger partial charge in [0.1, 0.15) is 16.7 Å². The molecule has 28 heavy (non-hydrogen) atoms. The van der Waals surface area contributed by atoms with Crippen LogP contribution in [0.15, 0.2) is 53.4 Å². The molecule has 0 aliphatic carbocycles. The van der Waals surface area contributed by atoms with Crippen LogP contribution < -0.4 is 9.46 Å². The lowest BCUT2D eigenvalue weighted by molar-refractivity contribution is -0.137. The first-order valence-corrected chi connectivity index (χ1v) is 10.5. The van der Waals surface area contributed by atoms with E-state index in [2.05, 4.69) is 4.72 Å². The number of halogens is 1. The van der Waals surface area contributed by atoms with Crippen molar-refractivity contribution in [2.45, 2.75) is 11.0 Å². The monoisotopic (exact) mass is 424 g/mol. The van der Waals surface area contributed by atoms with E-state index in [1.807, 2.05) is 30.3 Å². The van der Waals surface area contributed by atoms with E-state index in [1.165, 1.54) is 25.3 Å². The topological polar surface area (TPSA) is 84.9 Å². The highest BCUT2D eigenvalue weighted by molar-refractivity contribution is 7.89. The molecule has 0 aromatic heterocycles. The van der Waals surface area contributed by atoms with E-state index >= 15 is 0 Å². The number of methoxy groups -OCH3 is 1. The molecule has 0 spiro atoms. The molecule has 1 fully saturated rings. The van der Waals surface area contributed by atoms with Crippen LogP contribution in [-0.2, 0) is 19.6 Å². The Bertz CT molecular complexity index is 937. The van der Waals surface area contributed by atoms with Crippen molar-refractivity contribution >= 4 is 27.5 Å². The van der Waals surface area contributed by atoms with Gasteiger partial charge in [-0.2, -0.15) is 0 Å². The second-order valence-electron chi connectivity index (χ2n) is 6.23. The summed E-state index contributed by atoms with van der Waals surface area (Å²) in [5, 5.41) is 0.256. The lowest BCUT2D eigenvalue weighted by atomic mass is 10.1. The number of nitrogens with one attached hydrogen (secondary N) is 1. The number of amides is 1. The van der Waals surface area contributed by atoms with E-state index in [9.17, 15) is 13.2 Å². The van der Waals surface area contributed by atoms with Crippen LogP contribution in [0.1, 0.15) is 11.7 Å². The number of hydrogen-bond donors (Lipinski definition) is 1. The van der Waals surface area contributed by atoms with Gasteiger partial charge in [-0.25, -0.2) is 13.1 Å². The maximum Gasteiger partial charge on any atom is 0.244 e. The highest BCUT2D eigenvalue weighted by Gasteiger charge is 2.27. The molecule has 1 saturated heterocycles. The number of carbonyl (C=O) groups is 1. The van der Waals surface area contributed by atoms with Gasteiger partial charge in [-0.05, 0) is 23.8 Å². The zero-order chi connectivity index (χ0) is 20.1. The van der Waals surface area contributed by atoms with Gasteiger partial charge in [0.2, 0.25) is 15.9 Å². The molecule has 1 atom stereocenters. The third-order valence-corrected chi connectivity index (χ3v) is 6.08. The number of sulfonamides is 1. The second kappa shape index (κ2) is 8.91. The number of ether oxygens (including phenoxy) is 2. The van der Waals surface area contributed by atoms with Crippen LogP contribution in [0.3, 0.4) is 0 Å². The summed E-state index contributed by atoms with van der Waals surface area (Å²) in [7, 11) is -2.60. The van der Waals surface area contributed by atoms with Gasteiger partial charge >= 0.3 is 0 Å². The average Bonchev–Trinajstić information content (AvgIpc) is 2.73. The predicted molar refractivity (Wildman–Crippen MR) is 105 cm³/mol. The Kier molecular flexibility index (Phi) is 6.56. The summed E-state index contributed by atoms with van der Waals surface area (Å²) in [5.74, 6) is -0.173. The fourth-order valence-corrected chi connectivity index (χ4v) is 4.36. The summed E-state index contributed by atoms with van der Waals surface area (Å²) in [6.07, 6.45) is -0.233. The Morgan fingerprint density at radius 1 is 1.29 bits per heavy atom. The Hall–Kier alpha value is -2.13. The van der Waals surface area contributed by atoms with E-state index in [-0.39, 0.29) is 34.2 Å². The highest BCUT2D eigenvalue weighted by Crippen LogP contribution is 2.27. The molecule has 1 amide bonds. The van der Waals surface area contributed by atoms with Crippen molar-refractivity contribution in [1.82, 2.24) is 9.62 Å². The molecule has 0 saturated carbocycles. The van der Waals surface area contributed by atoms with Gasteiger partial charge in [-0.1, -0.05) is 41.9 Å². The third kappa shape index (κ3) is 4.82. The van der Waals surface area contributed by atoms with Crippen molar-refractivity contribution in [3.05, 3.63) is 59.1 Å². The van der Waals surface area contributed by atoms with Crippen molar-refractivity contribution in [3.63, 3.8) is 0 Å². The fourth-order valence-electron chi connectivity index (χ4n) is 2.95. The average molecular weight is 425 g/mol. The van der Waals surface area contributed by atoms with Gasteiger partial charge in [0.15, 0.2) is 0 Å². The van der Waals surface area contributed by atoms with Crippen LogP contribution >= 0.6 is 11.6 Å². The van der Waals surface area contributed by atoms with Crippen molar-refractivity contribution < 1.29 is 22.7 Å². The first-order chi connectivity index (χ1) is 13.4. The predicted octanol–water partition coefficient (Wildman–Crippen LogP) is 2.23. The quantitative estimate of drug-likeness (QED) is 0.768. The van der Waals surface area contributed by atoms with E-state index in [1.54, 1.807) is 4.90 Å². The molecule has 2 aromatic carbocycles. The molecule has 3 rings (SSSR count). The highest BCUT2D eigenvalue weighted by atomic mass is 35.5. The molecular formula is C19H21ClN2O5S. The first-order valence-electron chi connectivity index (χ1n) is 8.68. The van der Waals surface area contributed by atoms with Crippen molar-refractivity contribution in [1.29, 1.82) is 0 Å². The molecule has 0 radical (unpaired) electrons. The van der Waals surface area contributed by atoms with Gasteiger partial charge in [0, 0.05) is 11.6 Å². The van der Waals surface area contributed by atoms with Gasteiger partial charge < -0.3 is 14.4 Å². The Morgan fingerprint density at radius 3 is 2.75 bits per heavy atom. The summed E-state index contributed by atoms with van der Waals surface area (Å²) in [6.45, 7) is 0.801. The minimum atomic E-state index is -3.96. The molecule has 9 heteroatoms. The standard InChI is InChI=1S/C19H21ClN2O5S/c1-26-16-8-7-15(20)11-18(16)28(24,25)21-12-19(23)22-9-10-27-17(13-22)14-5-3-2-4-6-14/h2-8,11,17,21H,9-10,12-13H2,1H3/t17-/m0/s1. The number of hydrogen-bond acceptors (Lipinski definition) is 5. The van der Waals surface area contributed by atoms with E-state index in [0.717, 1.165) is 5.56 Å². The minimum absolute atomic E-state index is 0.112. The number of rotatable bonds is 6. The number of benzene rings is 2. The molecule has 1 N–H and O–H groups in total. The first kappa shape index (κ1) is 20.6. The Balaban J connectivity index is 1.65. The normalized spacial score (nSPS) is 17.4. The molecule has 7 nitrogen and oxygen atoms in total. The van der Waals surface area contributed by atoms with E-state index in [0.29, 0.717) is 19.7 Å². The Labute approximate surface area is 169 Å². The minimum Gasteiger partial charge on any atom is -0.495 e. The summed E-state index contributed by atoms with van der Waals surface area (Å²) >= 11 is 5.90. The number of morpholine rings is 1. The van der Waals surface area contributed by atoms with E-state index < -0.39 is 10.0 Å². The lowest BCUT2D eigenvalue weighted by Gasteiger charge is -2.33. The molecule has 1 aliphatic heterocycles. The third-order valence-electron chi connectivity index (χ3n) is 4.42. The van der Waals surface area contributed by atoms with Gasteiger partial charge in [0.25, 0.3) is 0 Å². The SMILES string of the molecule is COc1ccc(Cl)cc1S(=O)(=O)NCC(=O)N1CCO[C@H](c2ccccc2)C1. The van der Waals surface area contributed by atoms with Crippen molar-refractivity contribution in [2.75, 3.05) is 33.4 Å². The van der Waals surface area contributed by atoms with E-state index in [4.69, 9.17) is 21.1 Å². The maximum atomic E-state index is 12.6. The lowest BCUT2D eigenvalue weighted by Crippen LogP contribution is -2.46. The summed E-state index contributed by atoms with van der Waals surface area (Å²) in [4.78, 5) is 14.0. The Morgan fingerprint density at radius 2 is 2.04 bits per heavy atom. The van der Waals surface area contributed by atoms with Crippen LogP contribution in [0.4, 0.5) is 0 Å². The molecule has 0 bridgehead atoms. The van der Waals surface area contributed by atoms with Gasteiger partial charge in [-0.15, -0.1) is 0 Å². The molecular weight excluding hydrogens is 404 g/mol. The molecule has 2 aromatic rings. The van der Waals surface area contributed by atoms with Crippen molar-refractivity contribution in [3.8, 4) is 5.75 Å². The van der Waals surface area contributed by atoms with Crippen LogP contribution in [0.2, 0.25) is 5.02 Å². The summed E-state index contributed by atoms with van der Waals surface area (Å²) < 4.78 is 38.3. The van der Waals surface area contributed by atoms with Crippen LogP contribution in [-0.4, -0.2) is 52.6 Å². The largest absolute Gasteiger partial charge is 0.495 e. The fraction of sp³-hybridized carbons (Fsp3) is 0.316. The second-order valence-corrected chi connectivity index (χ2v) is 8.40. The van der Waals surface area contributed by atoms with Gasteiger partial charge in [-0.3, -0.25) is 4.79 Å². The molecule has 1 heterocycles. The zero-order valence-electron chi connectivity index (χ0n) is 15.3. The molecule has 150 valence electrons. The van der Waals surface area contributed by atoms with Crippen LogP contribution in [0, 0.1) is 0 Å². The van der Waals surface area contributed by atoms with Crippen molar-refractivity contribution in [2.24, 2.45) is 0 Å². The van der Waals surface area contributed by atoms with Crippen LogP contribution in [0.25, 0.3) is 0 Å². The maximum absolute atomic E-state index is 12.6.